The van der Waals surface area contributed by atoms with Crippen molar-refractivity contribution in [3.63, 3.8) is 0 Å². The number of halogens is 1. The van der Waals surface area contributed by atoms with Crippen molar-refractivity contribution in [1.82, 2.24) is 24.3 Å². The Morgan fingerprint density at radius 1 is 1.30 bits per heavy atom. The molecule has 2 aliphatic rings. The Labute approximate surface area is 166 Å². The van der Waals surface area contributed by atoms with Crippen molar-refractivity contribution in [3.8, 4) is 0 Å². The van der Waals surface area contributed by atoms with Gasteiger partial charge in [-0.3, -0.25) is 9.80 Å². The van der Waals surface area contributed by atoms with E-state index in [2.05, 4.69) is 35.4 Å². The zero-order chi connectivity index (χ0) is 19.3. The maximum Gasteiger partial charge on any atom is 0.411 e. The molecule has 8 nitrogen and oxygen atoms in total. The third kappa shape index (κ3) is 3.27. The van der Waals surface area contributed by atoms with Crippen LogP contribution in [-0.2, 0) is 17.8 Å². The predicted octanol–water partition coefficient (Wildman–Crippen LogP) is 2.95. The SMILES string of the molecule is CC(C)(C)OC(=O)N1CCCC1N1CCn2c(c(Br)c3c(N)ncnc32)C1. The van der Waals surface area contributed by atoms with Gasteiger partial charge in [0.25, 0.3) is 0 Å². The first-order valence-electron chi connectivity index (χ1n) is 9.27. The van der Waals surface area contributed by atoms with Crippen molar-refractivity contribution in [3.05, 3.63) is 16.5 Å². The Kier molecular flexibility index (Phi) is 4.54. The number of carbonyl (C=O) groups is 1. The van der Waals surface area contributed by atoms with E-state index in [1.54, 1.807) is 0 Å². The largest absolute Gasteiger partial charge is 0.444 e. The van der Waals surface area contributed by atoms with Crippen molar-refractivity contribution in [2.45, 2.75) is 58.5 Å². The normalized spacial score (nSPS) is 20.9. The zero-order valence-electron chi connectivity index (χ0n) is 15.9. The van der Waals surface area contributed by atoms with E-state index < -0.39 is 5.60 Å². The second-order valence-corrected chi connectivity index (χ2v) is 8.93. The van der Waals surface area contributed by atoms with Crippen molar-refractivity contribution in [1.29, 1.82) is 0 Å². The number of carbonyl (C=O) groups excluding carboxylic acids is 1. The maximum absolute atomic E-state index is 12.6. The molecule has 2 aromatic rings. The van der Waals surface area contributed by atoms with Crippen LogP contribution in [0.4, 0.5) is 10.6 Å². The van der Waals surface area contributed by atoms with Gasteiger partial charge in [-0.05, 0) is 49.5 Å². The molecule has 2 aliphatic heterocycles. The van der Waals surface area contributed by atoms with Gasteiger partial charge in [0.1, 0.15) is 23.4 Å². The average molecular weight is 437 g/mol. The van der Waals surface area contributed by atoms with Gasteiger partial charge in [-0.15, -0.1) is 0 Å². The fourth-order valence-corrected chi connectivity index (χ4v) is 4.73. The minimum absolute atomic E-state index is 0.0574. The quantitative estimate of drug-likeness (QED) is 0.738. The van der Waals surface area contributed by atoms with Crippen LogP contribution in [0.15, 0.2) is 10.8 Å². The highest BCUT2D eigenvalue weighted by atomic mass is 79.9. The summed E-state index contributed by atoms with van der Waals surface area (Å²) in [7, 11) is 0. The topological polar surface area (TPSA) is 89.5 Å². The third-order valence-corrected chi connectivity index (χ3v) is 6.00. The minimum Gasteiger partial charge on any atom is -0.444 e. The van der Waals surface area contributed by atoms with Crippen molar-refractivity contribution >= 4 is 38.9 Å². The number of nitrogens with two attached hydrogens (primary N) is 1. The van der Waals surface area contributed by atoms with Crippen LogP contribution in [0.5, 0.6) is 0 Å². The van der Waals surface area contributed by atoms with E-state index in [4.69, 9.17) is 10.5 Å². The summed E-state index contributed by atoms with van der Waals surface area (Å²) >= 11 is 3.70. The molecule has 27 heavy (non-hydrogen) atoms. The lowest BCUT2D eigenvalue weighted by molar-refractivity contribution is -0.00457. The fraction of sp³-hybridized carbons (Fsp3) is 0.611. The first-order chi connectivity index (χ1) is 12.8. The van der Waals surface area contributed by atoms with Crippen LogP contribution in [0.3, 0.4) is 0 Å². The summed E-state index contributed by atoms with van der Waals surface area (Å²) in [5, 5.41) is 0.866. The summed E-state index contributed by atoms with van der Waals surface area (Å²) < 4.78 is 8.75. The summed E-state index contributed by atoms with van der Waals surface area (Å²) in [6, 6.07) is 0. The molecule has 0 spiro atoms. The summed E-state index contributed by atoms with van der Waals surface area (Å²) in [5.41, 5.74) is 7.57. The summed E-state index contributed by atoms with van der Waals surface area (Å²) in [5.74, 6) is 0.483. The highest BCUT2D eigenvalue weighted by Crippen LogP contribution is 2.36. The number of amides is 1. The molecule has 0 saturated carbocycles. The van der Waals surface area contributed by atoms with E-state index in [1.165, 1.54) is 6.33 Å². The molecule has 4 rings (SSSR count). The molecule has 1 atom stereocenters. The number of ether oxygens (including phenoxy) is 1. The highest BCUT2D eigenvalue weighted by molar-refractivity contribution is 9.10. The second-order valence-electron chi connectivity index (χ2n) is 8.14. The molecule has 4 heterocycles. The van der Waals surface area contributed by atoms with Gasteiger partial charge in [0.2, 0.25) is 0 Å². The molecule has 0 bridgehead atoms. The summed E-state index contributed by atoms with van der Waals surface area (Å²) in [6.45, 7) is 8.80. The number of nitrogens with zero attached hydrogens (tertiary/aromatic N) is 5. The molecule has 146 valence electrons. The van der Waals surface area contributed by atoms with Gasteiger partial charge in [-0.2, -0.15) is 0 Å². The monoisotopic (exact) mass is 436 g/mol. The molecule has 9 heteroatoms. The Balaban J connectivity index is 1.60. The van der Waals surface area contributed by atoms with E-state index in [-0.39, 0.29) is 12.3 Å². The smallest absolute Gasteiger partial charge is 0.411 e. The molecule has 2 aromatic heterocycles. The first-order valence-corrected chi connectivity index (χ1v) is 10.1. The van der Waals surface area contributed by atoms with Gasteiger partial charge < -0.3 is 15.0 Å². The number of nitrogen functional groups attached to an aromatic ring is 1. The molecule has 0 aromatic carbocycles. The first kappa shape index (κ1) is 18.5. The van der Waals surface area contributed by atoms with Gasteiger partial charge in [0, 0.05) is 31.9 Å². The maximum atomic E-state index is 12.6. The van der Waals surface area contributed by atoms with Crippen LogP contribution in [0.2, 0.25) is 0 Å². The van der Waals surface area contributed by atoms with E-state index >= 15 is 0 Å². The lowest BCUT2D eigenvalue weighted by Gasteiger charge is -2.38. The lowest BCUT2D eigenvalue weighted by atomic mass is 10.2. The molecule has 1 saturated heterocycles. The standard InChI is InChI=1S/C18H25BrN6O2/c1-18(2,3)27-17(26)25-6-4-5-12(25)23-7-8-24-11(9-23)14(19)13-15(20)21-10-22-16(13)24/h10,12H,4-9H2,1-3H3,(H2,20,21,22). The fourth-order valence-electron chi connectivity index (χ4n) is 4.01. The van der Waals surface area contributed by atoms with Gasteiger partial charge in [-0.25, -0.2) is 14.8 Å². The number of likely N-dealkylation sites (tertiary alicyclic amines) is 1. The number of anilines is 1. The molecule has 1 amide bonds. The van der Waals surface area contributed by atoms with E-state index in [9.17, 15) is 4.79 Å². The Hall–Kier alpha value is -1.87. The molecular formula is C18H25BrN6O2. The number of fused-ring (bicyclic) bond motifs is 3. The molecule has 0 aliphatic carbocycles. The van der Waals surface area contributed by atoms with Crippen molar-refractivity contribution in [2.24, 2.45) is 0 Å². The van der Waals surface area contributed by atoms with E-state index in [0.717, 1.165) is 60.2 Å². The Bertz CT molecular complexity index is 890. The average Bonchev–Trinajstić information content (AvgIpc) is 3.18. The summed E-state index contributed by atoms with van der Waals surface area (Å²) in [6.07, 6.45) is 3.28. The van der Waals surface area contributed by atoms with Crippen LogP contribution >= 0.6 is 15.9 Å². The number of hydrogen-bond acceptors (Lipinski definition) is 6. The number of hydrogen-bond donors (Lipinski definition) is 1. The van der Waals surface area contributed by atoms with Crippen LogP contribution in [0, 0.1) is 0 Å². The molecule has 0 radical (unpaired) electrons. The highest BCUT2D eigenvalue weighted by Gasteiger charge is 2.38. The second kappa shape index (κ2) is 6.63. The minimum atomic E-state index is -0.488. The molecular weight excluding hydrogens is 412 g/mol. The van der Waals surface area contributed by atoms with Crippen LogP contribution in [0.25, 0.3) is 11.0 Å². The third-order valence-electron chi connectivity index (χ3n) is 5.15. The van der Waals surface area contributed by atoms with Gasteiger partial charge in [0.05, 0.1) is 16.0 Å². The van der Waals surface area contributed by atoms with Crippen LogP contribution < -0.4 is 5.73 Å². The Morgan fingerprint density at radius 2 is 2.07 bits per heavy atom. The van der Waals surface area contributed by atoms with Crippen LogP contribution in [0.1, 0.15) is 39.3 Å². The van der Waals surface area contributed by atoms with Crippen LogP contribution in [-0.4, -0.2) is 55.3 Å². The van der Waals surface area contributed by atoms with Gasteiger partial charge in [0.15, 0.2) is 0 Å². The van der Waals surface area contributed by atoms with E-state index in [0.29, 0.717) is 5.82 Å². The number of aromatic nitrogens is 3. The van der Waals surface area contributed by atoms with Gasteiger partial charge >= 0.3 is 6.09 Å². The van der Waals surface area contributed by atoms with Gasteiger partial charge in [-0.1, -0.05) is 0 Å². The lowest BCUT2D eigenvalue weighted by Crippen LogP contribution is -2.50. The van der Waals surface area contributed by atoms with Crippen molar-refractivity contribution < 1.29 is 9.53 Å². The summed E-state index contributed by atoms with van der Waals surface area (Å²) in [4.78, 5) is 25.4. The van der Waals surface area contributed by atoms with Crippen molar-refractivity contribution in [2.75, 3.05) is 18.8 Å². The van der Waals surface area contributed by atoms with E-state index in [1.807, 2.05) is 25.7 Å². The zero-order valence-corrected chi connectivity index (χ0v) is 17.5. The molecule has 2 N–H and O–H groups in total. The predicted molar refractivity (Wildman–Crippen MR) is 106 cm³/mol. The number of rotatable bonds is 1. The Morgan fingerprint density at radius 3 is 2.81 bits per heavy atom. The molecule has 1 fully saturated rings. The molecule has 1 unspecified atom stereocenters.